The van der Waals surface area contributed by atoms with E-state index in [-0.39, 0.29) is 30.3 Å². The Morgan fingerprint density at radius 3 is 2.89 bits per heavy atom. The lowest BCUT2D eigenvalue weighted by molar-refractivity contribution is -0.137. The van der Waals surface area contributed by atoms with Crippen LogP contribution in [0.3, 0.4) is 0 Å². The fraction of sp³-hybridized carbons (Fsp3) is 0.500. The Morgan fingerprint density at radius 2 is 2.22 bits per heavy atom. The van der Waals surface area contributed by atoms with Crippen molar-refractivity contribution in [1.29, 1.82) is 0 Å². The van der Waals surface area contributed by atoms with Crippen LogP contribution in [0.5, 0.6) is 0 Å². The van der Waals surface area contributed by atoms with Gasteiger partial charge in [0.05, 0.1) is 16.8 Å². The highest BCUT2D eigenvalue weighted by molar-refractivity contribution is 7.16. The summed E-state index contributed by atoms with van der Waals surface area (Å²) in [6, 6.07) is 1.74. The molecule has 0 bridgehead atoms. The first kappa shape index (κ1) is 12.1. The monoisotopic (exact) mass is 284 g/mol. The van der Waals surface area contributed by atoms with Crippen LogP contribution in [0.4, 0.5) is 0 Å². The minimum absolute atomic E-state index is 0.112. The zero-order valence-electron chi connectivity index (χ0n) is 9.90. The van der Waals surface area contributed by atoms with Gasteiger partial charge in [-0.1, -0.05) is 11.6 Å². The Labute approximate surface area is 114 Å². The Morgan fingerprint density at radius 1 is 1.44 bits per heavy atom. The van der Waals surface area contributed by atoms with Gasteiger partial charge in [0.1, 0.15) is 0 Å². The maximum atomic E-state index is 11.8. The topological polar surface area (TPSA) is 49.4 Å². The second-order valence-corrected chi connectivity index (χ2v) is 6.50. The third-order valence-corrected chi connectivity index (χ3v) is 4.97. The Hall–Kier alpha value is -0.910. The first-order valence-electron chi connectivity index (χ1n) is 5.91. The van der Waals surface area contributed by atoms with Gasteiger partial charge in [0, 0.05) is 18.0 Å². The van der Waals surface area contributed by atoms with Gasteiger partial charge in [0.25, 0.3) is 0 Å². The average Bonchev–Trinajstić information content (AvgIpc) is 2.92. The van der Waals surface area contributed by atoms with Gasteiger partial charge >= 0.3 is 0 Å². The molecule has 0 radical (unpaired) electrons. The number of amides is 2. The number of nitrogens with zero attached hydrogens (tertiary/aromatic N) is 1. The van der Waals surface area contributed by atoms with Crippen molar-refractivity contribution < 1.29 is 9.59 Å². The van der Waals surface area contributed by atoms with Gasteiger partial charge in [-0.25, -0.2) is 0 Å². The standard InChI is InChI=1S/C12H13ClN2O2S/c1-15-11(16)5-8(12(15)17)14-7-2-3-9-6(7)4-10(13)18-9/h4,7-8,14H,2-3,5H2,1H3. The van der Waals surface area contributed by atoms with Crippen LogP contribution >= 0.6 is 22.9 Å². The summed E-state index contributed by atoms with van der Waals surface area (Å²) in [4.78, 5) is 25.8. The summed E-state index contributed by atoms with van der Waals surface area (Å²) in [6.07, 6.45) is 2.23. The molecule has 18 heavy (non-hydrogen) atoms. The second kappa shape index (κ2) is 4.33. The molecule has 2 heterocycles. The zero-order valence-corrected chi connectivity index (χ0v) is 11.5. The smallest absolute Gasteiger partial charge is 0.246 e. The van der Waals surface area contributed by atoms with Gasteiger partial charge in [0.2, 0.25) is 11.8 Å². The number of thiophene rings is 1. The molecule has 2 amide bonds. The highest BCUT2D eigenvalue weighted by atomic mass is 35.5. The SMILES string of the molecule is CN1C(=O)CC(NC2CCc3sc(Cl)cc32)C1=O. The van der Waals surface area contributed by atoms with Gasteiger partial charge in [-0.3, -0.25) is 19.8 Å². The van der Waals surface area contributed by atoms with E-state index in [0.717, 1.165) is 17.2 Å². The van der Waals surface area contributed by atoms with E-state index < -0.39 is 0 Å². The number of fused-ring (bicyclic) bond motifs is 1. The van der Waals surface area contributed by atoms with Gasteiger partial charge in [0.15, 0.2) is 0 Å². The Balaban J connectivity index is 1.75. The molecule has 2 aliphatic rings. The van der Waals surface area contributed by atoms with Crippen LogP contribution in [0.1, 0.15) is 29.3 Å². The number of likely N-dealkylation sites (N-methyl/N-ethyl adjacent to an activating group) is 1. The van der Waals surface area contributed by atoms with E-state index in [1.165, 1.54) is 22.4 Å². The first-order chi connectivity index (χ1) is 8.56. The summed E-state index contributed by atoms with van der Waals surface area (Å²) in [5, 5.41) is 3.29. The van der Waals surface area contributed by atoms with Crippen molar-refractivity contribution in [3.8, 4) is 0 Å². The van der Waals surface area contributed by atoms with E-state index in [4.69, 9.17) is 11.6 Å². The maximum absolute atomic E-state index is 11.8. The molecular formula is C12H13ClN2O2S. The van der Waals surface area contributed by atoms with Crippen molar-refractivity contribution in [3.05, 3.63) is 20.8 Å². The third kappa shape index (κ3) is 1.86. The maximum Gasteiger partial charge on any atom is 0.246 e. The van der Waals surface area contributed by atoms with E-state index in [9.17, 15) is 9.59 Å². The third-order valence-electron chi connectivity index (χ3n) is 3.63. The van der Waals surface area contributed by atoms with Crippen molar-refractivity contribution in [2.24, 2.45) is 0 Å². The molecule has 1 N–H and O–H groups in total. The van der Waals surface area contributed by atoms with Crippen molar-refractivity contribution in [2.45, 2.75) is 31.3 Å². The first-order valence-corrected chi connectivity index (χ1v) is 7.10. The lowest BCUT2D eigenvalue weighted by atomic mass is 10.1. The zero-order chi connectivity index (χ0) is 12.9. The van der Waals surface area contributed by atoms with Crippen LogP contribution in [0.25, 0.3) is 0 Å². The summed E-state index contributed by atoms with van der Waals surface area (Å²) >= 11 is 7.60. The summed E-state index contributed by atoms with van der Waals surface area (Å²) in [5.74, 6) is -0.242. The molecule has 2 atom stereocenters. The van der Waals surface area contributed by atoms with Crippen molar-refractivity contribution in [3.63, 3.8) is 0 Å². The highest BCUT2D eigenvalue weighted by Gasteiger charge is 2.38. The molecule has 3 rings (SSSR count). The minimum atomic E-state index is -0.378. The number of carbonyl (C=O) groups is 2. The van der Waals surface area contributed by atoms with Crippen molar-refractivity contribution in [2.75, 3.05) is 7.05 Å². The lowest BCUT2D eigenvalue weighted by Gasteiger charge is -2.17. The molecule has 1 saturated heterocycles. The van der Waals surface area contributed by atoms with E-state index in [0.29, 0.717) is 0 Å². The molecule has 96 valence electrons. The van der Waals surface area contributed by atoms with Gasteiger partial charge in [-0.15, -0.1) is 11.3 Å². The number of nitrogens with one attached hydrogen (secondary N) is 1. The van der Waals surface area contributed by atoms with Gasteiger partial charge in [-0.2, -0.15) is 0 Å². The van der Waals surface area contributed by atoms with Crippen molar-refractivity contribution in [1.82, 2.24) is 10.2 Å². The van der Waals surface area contributed by atoms with E-state index >= 15 is 0 Å². The quantitative estimate of drug-likeness (QED) is 0.842. The average molecular weight is 285 g/mol. The molecule has 2 unspecified atom stereocenters. The summed E-state index contributed by atoms with van der Waals surface area (Å²) in [7, 11) is 1.54. The Kier molecular flexibility index (Phi) is 2.92. The normalized spacial score (nSPS) is 27.1. The molecule has 0 spiro atoms. The summed E-state index contributed by atoms with van der Waals surface area (Å²) in [6.45, 7) is 0. The number of likely N-dealkylation sites (tertiary alicyclic amines) is 1. The van der Waals surface area contributed by atoms with E-state index in [1.807, 2.05) is 6.07 Å². The molecule has 4 nitrogen and oxygen atoms in total. The van der Waals surface area contributed by atoms with Crippen LogP contribution in [-0.2, 0) is 16.0 Å². The fourth-order valence-corrected chi connectivity index (χ4v) is 3.99. The van der Waals surface area contributed by atoms with E-state index in [1.54, 1.807) is 11.3 Å². The highest BCUT2D eigenvalue weighted by Crippen LogP contribution is 2.39. The molecule has 1 aliphatic heterocycles. The largest absolute Gasteiger partial charge is 0.298 e. The number of hydrogen-bond acceptors (Lipinski definition) is 4. The molecule has 6 heteroatoms. The van der Waals surface area contributed by atoms with Crippen LogP contribution in [-0.4, -0.2) is 29.8 Å². The number of halogens is 1. The number of rotatable bonds is 2. The van der Waals surface area contributed by atoms with Crippen LogP contribution < -0.4 is 5.32 Å². The molecule has 1 aromatic heterocycles. The predicted molar refractivity (Wildman–Crippen MR) is 69.7 cm³/mol. The minimum Gasteiger partial charge on any atom is -0.298 e. The number of carbonyl (C=O) groups excluding carboxylic acids is 2. The molecular weight excluding hydrogens is 272 g/mol. The van der Waals surface area contributed by atoms with E-state index in [2.05, 4.69) is 5.32 Å². The molecule has 0 aromatic carbocycles. The van der Waals surface area contributed by atoms with Gasteiger partial charge < -0.3 is 0 Å². The number of hydrogen-bond donors (Lipinski definition) is 1. The van der Waals surface area contributed by atoms with Crippen molar-refractivity contribution >= 4 is 34.8 Å². The molecule has 1 aliphatic carbocycles. The molecule has 1 fully saturated rings. The molecule has 1 aromatic rings. The second-order valence-electron chi connectivity index (χ2n) is 4.73. The summed E-state index contributed by atoms with van der Waals surface area (Å²) in [5.41, 5.74) is 1.19. The van der Waals surface area contributed by atoms with Crippen LogP contribution in [0.2, 0.25) is 4.34 Å². The number of aryl methyl sites for hydroxylation is 1. The lowest BCUT2D eigenvalue weighted by Crippen LogP contribution is -2.38. The number of imide groups is 1. The predicted octanol–water partition coefficient (Wildman–Crippen LogP) is 1.74. The summed E-state index contributed by atoms with van der Waals surface area (Å²) < 4.78 is 0.789. The van der Waals surface area contributed by atoms with Gasteiger partial charge in [-0.05, 0) is 24.5 Å². The Bertz CT molecular complexity index is 528. The van der Waals surface area contributed by atoms with Crippen LogP contribution in [0, 0.1) is 0 Å². The molecule has 0 saturated carbocycles. The fourth-order valence-electron chi connectivity index (χ4n) is 2.63. The van der Waals surface area contributed by atoms with Crippen LogP contribution in [0.15, 0.2) is 6.07 Å².